The van der Waals surface area contributed by atoms with Crippen LogP contribution in [0.3, 0.4) is 0 Å². The number of carbonyl (C=O) groups is 3. The van der Waals surface area contributed by atoms with Crippen LogP contribution in [0.15, 0.2) is 12.8 Å². The van der Waals surface area contributed by atoms with Crippen molar-refractivity contribution in [1.29, 1.82) is 0 Å². The Labute approximate surface area is 82.6 Å². The summed E-state index contributed by atoms with van der Waals surface area (Å²) in [7, 11) is 0. The molecule has 0 aliphatic heterocycles. The summed E-state index contributed by atoms with van der Waals surface area (Å²) in [6.45, 7) is 5.98. The molecule has 0 unspecified atom stereocenters. The standard InChI is InChI=1S/C9H14N2O3/c1-4-10-9(14)11-8(7(3)13)5-6(2)12/h4,8H,1,5H2,2-3H3,(H2,10,11,14)/t8-/m0/s1. The fourth-order valence-electron chi connectivity index (χ4n) is 0.876. The van der Waals surface area contributed by atoms with Crippen LogP contribution in [-0.2, 0) is 9.59 Å². The van der Waals surface area contributed by atoms with E-state index in [9.17, 15) is 14.4 Å². The molecule has 0 aliphatic rings. The smallest absolute Gasteiger partial charge is 0.319 e. The van der Waals surface area contributed by atoms with E-state index in [1.807, 2.05) is 0 Å². The van der Waals surface area contributed by atoms with Gasteiger partial charge in [0.1, 0.15) is 5.78 Å². The van der Waals surface area contributed by atoms with Gasteiger partial charge < -0.3 is 10.6 Å². The average Bonchev–Trinajstić information content (AvgIpc) is 2.02. The third-order valence-electron chi connectivity index (χ3n) is 1.52. The highest BCUT2D eigenvalue weighted by Crippen LogP contribution is 1.94. The number of urea groups is 1. The molecule has 0 bridgehead atoms. The minimum Gasteiger partial charge on any atom is -0.328 e. The summed E-state index contributed by atoms with van der Waals surface area (Å²) in [5.41, 5.74) is 0. The van der Waals surface area contributed by atoms with Gasteiger partial charge in [-0.25, -0.2) is 4.79 Å². The zero-order chi connectivity index (χ0) is 11.1. The Balaban J connectivity index is 4.22. The number of amides is 2. The van der Waals surface area contributed by atoms with Crippen LogP contribution in [0.1, 0.15) is 20.3 Å². The molecule has 0 spiro atoms. The highest BCUT2D eigenvalue weighted by Gasteiger charge is 2.17. The van der Waals surface area contributed by atoms with Crippen molar-refractivity contribution < 1.29 is 14.4 Å². The highest BCUT2D eigenvalue weighted by atomic mass is 16.2. The van der Waals surface area contributed by atoms with Crippen LogP contribution in [0.5, 0.6) is 0 Å². The summed E-state index contributed by atoms with van der Waals surface area (Å²) in [5, 5.41) is 4.61. The molecule has 0 aromatic rings. The molecular weight excluding hydrogens is 184 g/mol. The van der Waals surface area contributed by atoms with E-state index in [1.54, 1.807) is 0 Å². The van der Waals surface area contributed by atoms with Crippen LogP contribution in [0.2, 0.25) is 0 Å². The lowest BCUT2D eigenvalue weighted by Gasteiger charge is -2.13. The molecule has 2 N–H and O–H groups in total. The first kappa shape index (κ1) is 12.3. The zero-order valence-corrected chi connectivity index (χ0v) is 8.29. The van der Waals surface area contributed by atoms with Gasteiger partial charge in [0, 0.05) is 6.42 Å². The van der Waals surface area contributed by atoms with Gasteiger partial charge in [0.05, 0.1) is 6.04 Å². The molecule has 0 aliphatic carbocycles. The third-order valence-corrected chi connectivity index (χ3v) is 1.52. The molecule has 0 fully saturated rings. The van der Waals surface area contributed by atoms with Gasteiger partial charge in [-0.05, 0) is 20.0 Å². The van der Waals surface area contributed by atoms with Crippen LogP contribution in [0.25, 0.3) is 0 Å². The number of rotatable bonds is 5. The Kier molecular flexibility index (Phi) is 5.21. The fraction of sp³-hybridized carbons (Fsp3) is 0.444. The number of carbonyl (C=O) groups excluding carboxylic acids is 3. The second-order valence-electron chi connectivity index (χ2n) is 2.89. The minimum atomic E-state index is -0.757. The Hall–Kier alpha value is -1.65. The Morgan fingerprint density at radius 1 is 1.36 bits per heavy atom. The topological polar surface area (TPSA) is 75.3 Å². The fourth-order valence-corrected chi connectivity index (χ4v) is 0.876. The van der Waals surface area contributed by atoms with Crippen molar-refractivity contribution in [2.75, 3.05) is 0 Å². The molecule has 0 radical (unpaired) electrons. The Morgan fingerprint density at radius 3 is 2.29 bits per heavy atom. The first-order chi connectivity index (χ1) is 6.47. The van der Waals surface area contributed by atoms with Crippen LogP contribution >= 0.6 is 0 Å². The summed E-state index contributed by atoms with van der Waals surface area (Å²) < 4.78 is 0. The molecule has 0 aromatic heterocycles. The average molecular weight is 198 g/mol. The maximum absolute atomic E-state index is 11.0. The van der Waals surface area contributed by atoms with E-state index in [1.165, 1.54) is 20.0 Å². The van der Waals surface area contributed by atoms with Crippen molar-refractivity contribution in [2.24, 2.45) is 0 Å². The van der Waals surface area contributed by atoms with E-state index < -0.39 is 12.1 Å². The summed E-state index contributed by atoms with van der Waals surface area (Å²) in [5.74, 6) is -0.400. The molecule has 2 amide bonds. The molecule has 0 saturated heterocycles. The lowest BCUT2D eigenvalue weighted by molar-refractivity contribution is -0.123. The van der Waals surface area contributed by atoms with Gasteiger partial charge in [-0.3, -0.25) is 9.59 Å². The zero-order valence-electron chi connectivity index (χ0n) is 8.29. The maximum Gasteiger partial charge on any atom is 0.319 e. The number of Topliss-reactive ketones (excluding diaryl/α,β-unsaturated/α-hetero) is 2. The van der Waals surface area contributed by atoms with Crippen molar-refractivity contribution in [3.05, 3.63) is 12.8 Å². The Bertz CT molecular complexity index is 261. The van der Waals surface area contributed by atoms with Crippen LogP contribution < -0.4 is 10.6 Å². The largest absolute Gasteiger partial charge is 0.328 e. The highest BCUT2D eigenvalue weighted by molar-refractivity contribution is 5.91. The monoisotopic (exact) mass is 198 g/mol. The lowest BCUT2D eigenvalue weighted by Crippen LogP contribution is -2.44. The quantitative estimate of drug-likeness (QED) is 0.670. The minimum absolute atomic E-state index is 0.0138. The SMILES string of the molecule is C=CNC(=O)N[C@@H](CC(C)=O)C(C)=O. The van der Waals surface area contributed by atoms with Crippen LogP contribution in [-0.4, -0.2) is 23.6 Å². The second-order valence-corrected chi connectivity index (χ2v) is 2.89. The van der Waals surface area contributed by atoms with Crippen LogP contribution in [0.4, 0.5) is 4.79 Å². The van der Waals surface area contributed by atoms with Crippen molar-refractivity contribution in [1.82, 2.24) is 10.6 Å². The third kappa shape index (κ3) is 5.08. The number of ketones is 2. The molecule has 1 atom stereocenters. The summed E-state index contributed by atoms with van der Waals surface area (Å²) in [6, 6.07) is -1.30. The maximum atomic E-state index is 11.0. The summed E-state index contributed by atoms with van der Waals surface area (Å²) in [6.07, 6.45) is 1.21. The predicted molar refractivity (Wildman–Crippen MR) is 51.6 cm³/mol. The molecule has 5 heteroatoms. The van der Waals surface area contributed by atoms with Crippen molar-refractivity contribution in [3.63, 3.8) is 0 Å². The predicted octanol–water partition coefficient (Wildman–Crippen LogP) is 0.366. The molecule has 5 nitrogen and oxygen atoms in total. The van der Waals surface area contributed by atoms with Gasteiger partial charge in [0.2, 0.25) is 0 Å². The van der Waals surface area contributed by atoms with E-state index in [0.717, 1.165) is 0 Å². The molecule has 0 saturated carbocycles. The molecule has 0 rings (SSSR count). The number of hydrogen-bond acceptors (Lipinski definition) is 3. The van der Waals surface area contributed by atoms with Crippen molar-refractivity contribution in [3.8, 4) is 0 Å². The van der Waals surface area contributed by atoms with Gasteiger partial charge >= 0.3 is 6.03 Å². The first-order valence-electron chi connectivity index (χ1n) is 4.15. The van der Waals surface area contributed by atoms with Crippen molar-refractivity contribution in [2.45, 2.75) is 26.3 Å². The van der Waals surface area contributed by atoms with E-state index >= 15 is 0 Å². The number of hydrogen-bond donors (Lipinski definition) is 2. The van der Waals surface area contributed by atoms with E-state index in [0.29, 0.717) is 0 Å². The van der Waals surface area contributed by atoms with Gasteiger partial charge in [-0.2, -0.15) is 0 Å². The number of nitrogens with one attached hydrogen (secondary N) is 2. The molecule has 0 aromatic carbocycles. The normalized spacial score (nSPS) is 11.3. The molecular formula is C9H14N2O3. The van der Waals surface area contributed by atoms with Crippen LogP contribution in [0, 0.1) is 0 Å². The first-order valence-corrected chi connectivity index (χ1v) is 4.15. The Morgan fingerprint density at radius 2 is 1.93 bits per heavy atom. The van der Waals surface area contributed by atoms with Gasteiger partial charge in [0.15, 0.2) is 5.78 Å². The summed E-state index contributed by atoms with van der Waals surface area (Å²) in [4.78, 5) is 32.7. The van der Waals surface area contributed by atoms with E-state index in [4.69, 9.17) is 0 Å². The lowest BCUT2D eigenvalue weighted by atomic mass is 10.1. The summed E-state index contributed by atoms with van der Waals surface area (Å²) >= 11 is 0. The van der Waals surface area contributed by atoms with E-state index in [-0.39, 0.29) is 18.0 Å². The van der Waals surface area contributed by atoms with Crippen molar-refractivity contribution >= 4 is 17.6 Å². The van der Waals surface area contributed by atoms with Gasteiger partial charge in [-0.1, -0.05) is 6.58 Å². The molecule has 14 heavy (non-hydrogen) atoms. The molecule has 0 heterocycles. The van der Waals surface area contributed by atoms with E-state index in [2.05, 4.69) is 17.2 Å². The van der Waals surface area contributed by atoms with Gasteiger partial charge in [-0.15, -0.1) is 0 Å². The van der Waals surface area contributed by atoms with Gasteiger partial charge in [0.25, 0.3) is 0 Å². The molecule has 78 valence electrons. The second kappa shape index (κ2) is 5.90.